The van der Waals surface area contributed by atoms with Crippen LogP contribution in [-0.2, 0) is 11.2 Å². The Morgan fingerprint density at radius 1 is 0.853 bits per heavy atom. The Bertz CT molecular complexity index is 769. The van der Waals surface area contributed by atoms with Crippen LogP contribution in [0, 0.1) is 0 Å². The Balaban J connectivity index is 2.79. The van der Waals surface area contributed by atoms with Crippen LogP contribution in [0.5, 0.6) is 11.5 Å². The van der Waals surface area contributed by atoms with Crippen LogP contribution in [0.15, 0.2) is 22.4 Å². The van der Waals surface area contributed by atoms with Crippen molar-refractivity contribution in [1.29, 1.82) is 0 Å². The summed E-state index contributed by atoms with van der Waals surface area (Å²) in [5.41, 5.74) is 23.7. The summed E-state index contributed by atoms with van der Waals surface area (Å²) in [7, 11) is 1.35. The molecule has 0 heterocycles. The fourth-order valence-corrected chi connectivity index (χ4v) is 3.37. The van der Waals surface area contributed by atoms with E-state index >= 15 is 0 Å². The number of esters is 1. The van der Waals surface area contributed by atoms with Crippen molar-refractivity contribution in [1.82, 2.24) is 0 Å². The smallest absolute Gasteiger partial charge is 0.338 e. The zero-order chi connectivity index (χ0) is 24.9. The first-order valence-corrected chi connectivity index (χ1v) is 11.9. The lowest BCUT2D eigenvalue weighted by Crippen LogP contribution is -2.10. The van der Waals surface area contributed by atoms with Crippen molar-refractivity contribution in [2.75, 3.05) is 40.0 Å². The fraction of sp³-hybridized carbons (Fsp3) is 0.696. The van der Waals surface area contributed by atoms with Crippen molar-refractivity contribution in [3.05, 3.63) is 44.1 Å². The van der Waals surface area contributed by atoms with Gasteiger partial charge < -0.3 is 19.9 Å². The minimum Gasteiger partial charge on any atom is -0.493 e. The van der Waals surface area contributed by atoms with Gasteiger partial charge in [-0.1, -0.05) is 35.9 Å². The zero-order valence-electron chi connectivity index (χ0n) is 20.2. The van der Waals surface area contributed by atoms with Crippen molar-refractivity contribution >= 4 is 5.97 Å². The van der Waals surface area contributed by atoms with Gasteiger partial charge in [0.1, 0.15) is 11.5 Å². The van der Waals surface area contributed by atoms with E-state index in [9.17, 15) is 4.79 Å². The zero-order valence-corrected chi connectivity index (χ0v) is 20.2. The molecule has 34 heavy (non-hydrogen) atoms. The first kappa shape index (κ1) is 28.9. The molecule has 11 nitrogen and oxygen atoms in total. The molecular weight excluding hydrogens is 438 g/mol. The molecule has 0 unspecified atom stereocenters. The quantitative estimate of drug-likeness (QED) is 0.0817. The van der Waals surface area contributed by atoms with E-state index in [0.29, 0.717) is 56.3 Å². The van der Waals surface area contributed by atoms with Crippen molar-refractivity contribution < 1.29 is 19.0 Å². The molecule has 0 radical (unpaired) electrons. The van der Waals surface area contributed by atoms with Gasteiger partial charge in [0.05, 0.1) is 25.9 Å². The van der Waals surface area contributed by atoms with E-state index in [1.165, 1.54) is 7.11 Å². The largest absolute Gasteiger partial charge is 0.493 e. The standard InChI is InChI=1S/C23H37N7O4/c1-32-23(31)19-17-21(33-15-8-4-2-6-13-27-29-25)20(11-10-12-24)22(18-19)34-16-9-5-3-7-14-28-30-26/h17-18H,2-16,24H2,1H3. The van der Waals surface area contributed by atoms with Gasteiger partial charge in [0, 0.05) is 28.5 Å². The number of benzene rings is 1. The highest BCUT2D eigenvalue weighted by molar-refractivity contribution is 5.90. The number of rotatable bonds is 20. The molecule has 0 aliphatic carbocycles. The van der Waals surface area contributed by atoms with Crippen molar-refractivity contribution in [3.8, 4) is 11.5 Å². The molecule has 0 amide bonds. The van der Waals surface area contributed by atoms with Gasteiger partial charge in [0.25, 0.3) is 0 Å². The van der Waals surface area contributed by atoms with E-state index in [4.69, 9.17) is 31.0 Å². The molecule has 0 fully saturated rings. The lowest BCUT2D eigenvalue weighted by molar-refractivity contribution is 0.0599. The molecule has 11 heteroatoms. The van der Waals surface area contributed by atoms with Crippen molar-refractivity contribution in [3.63, 3.8) is 0 Å². The maximum Gasteiger partial charge on any atom is 0.338 e. The number of ether oxygens (including phenoxy) is 3. The van der Waals surface area contributed by atoms with Crippen LogP contribution < -0.4 is 15.2 Å². The maximum atomic E-state index is 12.2. The number of unbranched alkanes of at least 4 members (excludes halogenated alkanes) is 6. The monoisotopic (exact) mass is 475 g/mol. The molecule has 1 aromatic rings. The summed E-state index contributed by atoms with van der Waals surface area (Å²) < 4.78 is 17.0. The lowest BCUT2D eigenvalue weighted by Gasteiger charge is -2.18. The minimum absolute atomic E-state index is 0.382. The van der Waals surface area contributed by atoms with E-state index in [1.54, 1.807) is 12.1 Å². The summed E-state index contributed by atoms with van der Waals surface area (Å²) >= 11 is 0. The predicted octanol–water partition coefficient (Wildman–Crippen LogP) is 5.86. The molecule has 2 N–H and O–H groups in total. The average molecular weight is 476 g/mol. The summed E-state index contributed by atoms with van der Waals surface area (Å²) in [6.07, 6.45) is 8.69. The Labute approximate surface area is 201 Å². The van der Waals surface area contributed by atoms with E-state index < -0.39 is 5.97 Å². The number of hydrogen-bond donors (Lipinski definition) is 1. The van der Waals surface area contributed by atoms with Gasteiger partial charge >= 0.3 is 5.97 Å². The Morgan fingerprint density at radius 2 is 1.35 bits per heavy atom. The number of carbonyl (C=O) groups is 1. The Hall–Kier alpha value is -3.13. The topological polar surface area (TPSA) is 168 Å². The highest BCUT2D eigenvalue weighted by Crippen LogP contribution is 2.33. The van der Waals surface area contributed by atoms with Gasteiger partial charge in [-0.3, -0.25) is 0 Å². The van der Waals surface area contributed by atoms with Gasteiger partial charge in [0.15, 0.2) is 0 Å². The molecule has 0 atom stereocenters. The molecule has 0 aliphatic heterocycles. The van der Waals surface area contributed by atoms with E-state index in [0.717, 1.165) is 63.4 Å². The molecule has 0 bridgehead atoms. The second kappa shape index (κ2) is 19.3. The van der Waals surface area contributed by atoms with Crippen molar-refractivity contribution in [2.45, 2.75) is 64.2 Å². The molecule has 0 aromatic heterocycles. The fourth-order valence-electron chi connectivity index (χ4n) is 3.37. The Kier molecular flexibility index (Phi) is 16.4. The average Bonchev–Trinajstić information content (AvgIpc) is 2.85. The van der Waals surface area contributed by atoms with E-state index in [2.05, 4.69) is 20.1 Å². The molecule has 0 spiro atoms. The molecule has 1 aromatic carbocycles. The number of hydrogen-bond acceptors (Lipinski definition) is 7. The van der Waals surface area contributed by atoms with Gasteiger partial charge in [-0.15, -0.1) is 0 Å². The molecule has 188 valence electrons. The second-order valence-electron chi connectivity index (χ2n) is 7.77. The highest BCUT2D eigenvalue weighted by atomic mass is 16.5. The van der Waals surface area contributed by atoms with Gasteiger partial charge in [-0.05, 0) is 68.3 Å². The number of nitrogens with zero attached hydrogens (tertiary/aromatic N) is 6. The Morgan fingerprint density at radius 3 is 1.79 bits per heavy atom. The van der Waals surface area contributed by atoms with Gasteiger partial charge in [-0.25, -0.2) is 4.79 Å². The van der Waals surface area contributed by atoms with Crippen LogP contribution in [-0.4, -0.2) is 45.9 Å². The SMILES string of the molecule is COC(=O)c1cc(OCCCCCCN=[N+]=[N-])c(CCCN)c(OCCCCCCN=[N+]=[N-])c1. The summed E-state index contributed by atoms with van der Waals surface area (Å²) in [6, 6.07) is 3.42. The predicted molar refractivity (Wildman–Crippen MR) is 131 cm³/mol. The van der Waals surface area contributed by atoms with Crippen LogP contribution >= 0.6 is 0 Å². The van der Waals surface area contributed by atoms with Crippen LogP contribution in [0.4, 0.5) is 0 Å². The van der Waals surface area contributed by atoms with Crippen LogP contribution in [0.1, 0.15) is 73.7 Å². The lowest BCUT2D eigenvalue weighted by atomic mass is 10.0. The van der Waals surface area contributed by atoms with Gasteiger partial charge in [0.2, 0.25) is 0 Å². The third kappa shape index (κ3) is 12.2. The van der Waals surface area contributed by atoms with E-state index in [1.807, 2.05) is 0 Å². The van der Waals surface area contributed by atoms with Gasteiger partial charge in [-0.2, -0.15) is 0 Å². The van der Waals surface area contributed by atoms with E-state index in [-0.39, 0.29) is 0 Å². The third-order valence-electron chi connectivity index (χ3n) is 5.17. The summed E-state index contributed by atoms with van der Waals surface area (Å²) in [5, 5.41) is 7.08. The summed E-state index contributed by atoms with van der Waals surface area (Å²) in [6.45, 7) is 2.57. The number of methoxy groups -OCH3 is 1. The minimum atomic E-state index is -0.448. The summed E-state index contributed by atoms with van der Waals surface area (Å²) in [5.74, 6) is 0.792. The maximum absolute atomic E-state index is 12.2. The highest BCUT2D eigenvalue weighted by Gasteiger charge is 2.17. The van der Waals surface area contributed by atoms with Crippen LogP contribution in [0.25, 0.3) is 20.9 Å². The third-order valence-corrected chi connectivity index (χ3v) is 5.17. The molecule has 0 aliphatic rings. The van der Waals surface area contributed by atoms with Crippen LogP contribution in [0.2, 0.25) is 0 Å². The summed E-state index contributed by atoms with van der Waals surface area (Å²) in [4.78, 5) is 17.7. The van der Waals surface area contributed by atoms with Crippen LogP contribution in [0.3, 0.4) is 0 Å². The second-order valence-corrected chi connectivity index (χ2v) is 7.77. The normalized spacial score (nSPS) is 10.2. The molecular formula is C23H37N7O4. The number of azide groups is 2. The number of carbonyl (C=O) groups excluding carboxylic acids is 1. The first-order chi connectivity index (χ1) is 16.7. The molecule has 0 saturated carbocycles. The van der Waals surface area contributed by atoms with Crippen molar-refractivity contribution in [2.24, 2.45) is 16.0 Å². The number of nitrogens with two attached hydrogens (primary N) is 1. The molecule has 1 rings (SSSR count). The molecule has 0 saturated heterocycles. The first-order valence-electron chi connectivity index (χ1n) is 11.9.